The van der Waals surface area contributed by atoms with Crippen molar-refractivity contribution in [3.8, 4) is 0 Å². The van der Waals surface area contributed by atoms with E-state index in [9.17, 15) is 0 Å². The SMILES string of the molecule is NC1CCCCC1n1ccnc1Cl. The number of hydrogen-bond donors (Lipinski definition) is 1. The second kappa shape index (κ2) is 3.68. The molecule has 1 fully saturated rings. The van der Waals surface area contributed by atoms with Crippen molar-refractivity contribution in [2.75, 3.05) is 0 Å². The van der Waals surface area contributed by atoms with E-state index in [1.807, 2.05) is 10.8 Å². The Labute approximate surface area is 82.9 Å². The highest BCUT2D eigenvalue weighted by atomic mass is 35.5. The van der Waals surface area contributed by atoms with Crippen LogP contribution < -0.4 is 5.73 Å². The van der Waals surface area contributed by atoms with Gasteiger partial charge in [0.25, 0.3) is 0 Å². The molecule has 4 heteroatoms. The molecule has 2 unspecified atom stereocenters. The van der Waals surface area contributed by atoms with Gasteiger partial charge in [-0.2, -0.15) is 0 Å². The van der Waals surface area contributed by atoms with Gasteiger partial charge in [-0.05, 0) is 24.4 Å². The molecule has 3 nitrogen and oxygen atoms in total. The average Bonchev–Trinajstić information content (AvgIpc) is 2.52. The van der Waals surface area contributed by atoms with E-state index in [4.69, 9.17) is 17.3 Å². The van der Waals surface area contributed by atoms with Crippen LogP contribution in [0.25, 0.3) is 0 Å². The first kappa shape index (κ1) is 9.03. The molecule has 2 atom stereocenters. The summed E-state index contributed by atoms with van der Waals surface area (Å²) in [6, 6.07) is 0.587. The smallest absolute Gasteiger partial charge is 0.202 e. The minimum absolute atomic E-state index is 0.237. The molecule has 2 N–H and O–H groups in total. The molecule has 1 aromatic rings. The third-order valence-corrected chi connectivity index (χ3v) is 3.05. The van der Waals surface area contributed by atoms with Crippen LogP contribution in [-0.2, 0) is 0 Å². The van der Waals surface area contributed by atoms with Crippen molar-refractivity contribution in [3.05, 3.63) is 17.7 Å². The maximum absolute atomic E-state index is 6.03. The first-order chi connectivity index (χ1) is 6.29. The van der Waals surface area contributed by atoms with Crippen LogP contribution in [0.2, 0.25) is 5.28 Å². The second-order valence-corrected chi connectivity index (χ2v) is 3.96. The molecule has 72 valence electrons. The van der Waals surface area contributed by atoms with E-state index in [1.54, 1.807) is 6.20 Å². The van der Waals surface area contributed by atoms with Gasteiger partial charge in [0, 0.05) is 18.4 Å². The van der Waals surface area contributed by atoms with E-state index in [-0.39, 0.29) is 6.04 Å². The highest BCUT2D eigenvalue weighted by molar-refractivity contribution is 6.28. The predicted octanol–water partition coefficient (Wildman–Crippen LogP) is 1.98. The molecule has 1 aliphatic carbocycles. The van der Waals surface area contributed by atoms with Crippen LogP contribution in [0.1, 0.15) is 31.7 Å². The molecule has 1 saturated carbocycles. The first-order valence-electron chi connectivity index (χ1n) is 4.73. The minimum Gasteiger partial charge on any atom is -0.326 e. The normalized spacial score (nSPS) is 29.1. The fraction of sp³-hybridized carbons (Fsp3) is 0.667. The number of nitrogens with zero attached hydrogens (tertiary/aromatic N) is 2. The summed E-state index contributed by atoms with van der Waals surface area (Å²) in [5.74, 6) is 0. The van der Waals surface area contributed by atoms with Crippen molar-refractivity contribution < 1.29 is 0 Å². The molecule has 1 aliphatic rings. The number of nitrogens with two attached hydrogens (primary N) is 1. The monoisotopic (exact) mass is 199 g/mol. The molecular weight excluding hydrogens is 186 g/mol. The third-order valence-electron chi connectivity index (χ3n) is 2.76. The predicted molar refractivity (Wildman–Crippen MR) is 52.7 cm³/mol. The van der Waals surface area contributed by atoms with Crippen molar-refractivity contribution in [2.24, 2.45) is 5.73 Å². The average molecular weight is 200 g/mol. The van der Waals surface area contributed by atoms with Gasteiger partial charge in [0.2, 0.25) is 5.28 Å². The zero-order chi connectivity index (χ0) is 9.26. The molecule has 0 bridgehead atoms. The van der Waals surface area contributed by atoms with Gasteiger partial charge in [0.1, 0.15) is 0 Å². The van der Waals surface area contributed by atoms with Gasteiger partial charge in [-0.3, -0.25) is 0 Å². The van der Waals surface area contributed by atoms with Crippen molar-refractivity contribution >= 4 is 11.6 Å². The largest absolute Gasteiger partial charge is 0.326 e. The van der Waals surface area contributed by atoms with Gasteiger partial charge in [0.15, 0.2) is 0 Å². The number of imidazole rings is 1. The highest BCUT2D eigenvalue weighted by Gasteiger charge is 2.24. The number of hydrogen-bond acceptors (Lipinski definition) is 2. The van der Waals surface area contributed by atoms with Crippen LogP contribution in [0, 0.1) is 0 Å². The van der Waals surface area contributed by atoms with Crippen molar-refractivity contribution in [3.63, 3.8) is 0 Å². The zero-order valence-corrected chi connectivity index (χ0v) is 8.24. The summed E-state index contributed by atoms with van der Waals surface area (Å²) < 4.78 is 1.99. The van der Waals surface area contributed by atoms with Crippen LogP contribution in [0.3, 0.4) is 0 Å². The van der Waals surface area contributed by atoms with Crippen LogP contribution in [0.4, 0.5) is 0 Å². The summed E-state index contributed by atoms with van der Waals surface area (Å²) in [7, 11) is 0. The quantitative estimate of drug-likeness (QED) is 0.752. The maximum atomic E-state index is 6.03. The van der Waals surface area contributed by atoms with E-state index < -0.39 is 0 Å². The fourth-order valence-electron chi connectivity index (χ4n) is 2.03. The summed E-state index contributed by atoms with van der Waals surface area (Å²) in [6.07, 6.45) is 8.34. The summed E-state index contributed by atoms with van der Waals surface area (Å²) >= 11 is 5.93. The van der Waals surface area contributed by atoms with Gasteiger partial charge in [-0.1, -0.05) is 12.8 Å². The molecule has 2 rings (SSSR count). The molecule has 0 spiro atoms. The van der Waals surface area contributed by atoms with Gasteiger partial charge in [0.05, 0.1) is 6.04 Å². The van der Waals surface area contributed by atoms with Gasteiger partial charge >= 0.3 is 0 Å². The van der Waals surface area contributed by atoms with Gasteiger partial charge in [-0.25, -0.2) is 4.98 Å². The van der Waals surface area contributed by atoms with Crippen LogP contribution in [0.5, 0.6) is 0 Å². The Balaban J connectivity index is 2.19. The molecule has 1 heterocycles. The Morgan fingerprint density at radius 2 is 2.23 bits per heavy atom. The summed E-state index contributed by atoms with van der Waals surface area (Å²) in [4.78, 5) is 4.00. The lowest BCUT2D eigenvalue weighted by atomic mass is 9.91. The van der Waals surface area contributed by atoms with Crippen molar-refractivity contribution in [1.82, 2.24) is 9.55 Å². The summed E-state index contributed by atoms with van der Waals surface area (Å²) in [5, 5.41) is 0.558. The van der Waals surface area contributed by atoms with Gasteiger partial charge in [-0.15, -0.1) is 0 Å². The van der Waals surface area contributed by atoms with E-state index in [2.05, 4.69) is 4.98 Å². The third kappa shape index (κ3) is 1.71. The van der Waals surface area contributed by atoms with E-state index in [0.29, 0.717) is 11.3 Å². The number of rotatable bonds is 1. The molecule has 0 radical (unpaired) electrons. The maximum Gasteiger partial charge on any atom is 0.202 e. The lowest BCUT2D eigenvalue weighted by molar-refractivity contribution is 0.306. The second-order valence-electron chi connectivity index (χ2n) is 3.62. The Morgan fingerprint density at radius 3 is 2.85 bits per heavy atom. The molecule has 1 aromatic heterocycles. The number of aromatic nitrogens is 2. The summed E-state index contributed by atoms with van der Waals surface area (Å²) in [6.45, 7) is 0. The standard InChI is InChI=1S/C9H14ClN3/c10-9-12-5-6-13(9)8-4-2-1-3-7(8)11/h5-8H,1-4,11H2. The summed E-state index contributed by atoms with van der Waals surface area (Å²) in [5.41, 5.74) is 6.03. The number of halogens is 1. The lowest BCUT2D eigenvalue weighted by Gasteiger charge is -2.29. The molecule has 0 amide bonds. The Bertz CT molecular complexity index is 284. The Hall–Kier alpha value is -0.540. The lowest BCUT2D eigenvalue weighted by Crippen LogP contribution is -2.34. The first-order valence-corrected chi connectivity index (χ1v) is 5.11. The Morgan fingerprint density at radius 1 is 1.46 bits per heavy atom. The van der Waals surface area contributed by atoms with E-state index in [1.165, 1.54) is 12.8 Å². The van der Waals surface area contributed by atoms with Crippen LogP contribution in [0.15, 0.2) is 12.4 Å². The van der Waals surface area contributed by atoms with Crippen LogP contribution >= 0.6 is 11.6 Å². The molecule has 0 saturated heterocycles. The van der Waals surface area contributed by atoms with Gasteiger partial charge < -0.3 is 10.3 Å². The zero-order valence-electron chi connectivity index (χ0n) is 7.49. The van der Waals surface area contributed by atoms with Crippen molar-refractivity contribution in [1.29, 1.82) is 0 Å². The molecule has 13 heavy (non-hydrogen) atoms. The van der Waals surface area contributed by atoms with Crippen molar-refractivity contribution in [2.45, 2.75) is 37.8 Å². The van der Waals surface area contributed by atoms with Crippen LogP contribution in [-0.4, -0.2) is 15.6 Å². The molecule has 0 aromatic carbocycles. The fourth-order valence-corrected chi connectivity index (χ4v) is 2.27. The highest BCUT2D eigenvalue weighted by Crippen LogP contribution is 2.29. The van der Waals surface area contributed by atoms with E-state index in [0.717, 1.165) is 12.8 Å². The minimum atomic E-state index is 0.237. The molecular formula is C9H14ClN3. The molecule has 0 aliphatic heterocycles. The Kier molecular flexibility index (Phi) is 2.56. The topological polar surface area (TPSA) is 43.8 Å². The van der Waals surface area contributed by atoms with E-state index >= 15 is 0 Å².